The molecular formula is C37H41Cl2N7O4. The lowest BCUT2D eigenvalue weighted by atomic mass is 10.0. The highest BCUT2D eigenvalue weighted by molar-refractivity contribution is 6.19. The molecule has 0 saturated carbocycles. The zero-order valence-corrected chi connectivity index (χ0v) is 30.0. The van der Waals surface area contributed by atoms with Gasteiger partial charge >= 0.3 is 6.03 Å². The standard InChI is InChI=1S/C37H41Cl2N7O4/c1-45(2)22-19-40-36(47)29-9-5-7-27-33(28-8-6-10-32(50-4)35(28)44-34(27)29)41-25-13-16-31(49-3)30(23-25)43-37(48)42-24-11-14-26(15-12-24)46(20-17-38)21-18-39/h5-16,23H,17-22H2,1-4H3,(H,40,47)(H,41,44)(H2,42,43,48). The van der Waals surface area contributed by atoms with E-state index in [1.807, 2.05) is 79.7 Å². The molecule has 3 amide bonds. The van der Waals surface area contributed by atoms with Gasteiger partial charge in [-0.1, -0.05) is 24.3 Å². The molecule has 13 heteroatoms. The fourth-order valence-electron chi connectivity index (χ4n) is 5.57. The van der Waals surface area contributed by atoms with Crippen molar-refractivity contribution in [1.29, 1.82) is 0 Å². The Labute approximate surface area is 301 Å². The highest BCUT2D eigenvalue weighted by Crippen LogP contribution is 2.39. The van der Waals surface area contributed by atoms with Gasteiger partial charge in [-0.25, -0.2) is 9.78 Å². The average Bonchev–Trinajstić information content (AvgIpc) is 3.11. The Morgan fingerprint density at radius 3 is 2.08 bits per heavy atom. The highest BCUT2D eigenvalue weighted by Gasteiger charge is 2.19. The molecule has 1 aromatic heterocycles. The van der Waals surface area contributed by atoms with Crippen LogP contribution in [-0.4, -0.2) is 88.1 Å². The number of hydrogen-bond donors (Lipinski definition) is 4. The zero-order chi connectivity index (χ0) is 35.6. The summed E-state index contributed by atoms with van der Waals surface area (Å²) in [5, 5.41) is 13.9. The van der Waals surface area contributed by atoms with Crippen molar-refractivity contribution in [3.8, 4) is 11.5 Å². The minimum atomic E-state index is -0.443. The molecule has 0 aliphatic rings. The molecule has 4 aromatic carbocycles. The number of pyridine rings is 1. The lowest BCUT2D eigenvalue weighted by Gasteiger charge is -2.23. The van der Waals surface area contributed by atoms with Crippen LogP contribution in [0.2, 0.25) is 0 Å². The summed E-state index contributed by atoms with van der Waals surface area (Å²) in [6, 6.07) is 23.6. The first kappa shape index (κ1) is 36.3. The van der Waals surface area contributed by atoms with Crippen LogP contribution in [0.4, 0.5) is 33.2 Å². The SMILES string of the molecule is COc1ccc(Nc2c3cccc(OC)c3nc3c(C(=O)NCCN(C)C)cccc23)cc1NC(=O)Nc1ccc(N(CCCl)CCCl)cc1. The van der Waals surface area contributed by atoms with Crippen LogP contribution >= 0.6 is 23.2 Å². The Hall–Kier alpha value is -4.97. The van der Waals surface area contributed by atoms with Crippen molar-refractivity contribution in [2.45, 2.75) is 0 Å². The summed E-state index contributed by atoms with van der Waals surface area (Å²) in [6.45, 7) is 2.52. The molecule has 0 atom stereocenters. The number of likely N-dealkylation sites (N-methyl/N-ethyl adjacent to an activating group) is 1. The minimum Gasteiger partial charge on any atom is -0.495 e. The summed E-state index contributed by atoms with van der Waals surface area (Å²) >= 11 is 11.9. The lowest BCUT2D eigenvalue weighted by molar-refractivity contribution is 0.0952. The van der Waals surface area contributed by atoms with E-state index in [0.717, 1.165) is 22.1 Å². The normalized spacial score (nSPS) is 11.0. The summed E-state index contributed by atoms with van der Waals surface area (Å²) in [4.78, 5) is 35.5. The summed E-state index contributed by atoms with van der Waals surface area (Å²) in [7, 11) is 7.04. The molecule has 262 valence electrons. The summed E-state index contributed by atoms with van der Waals surface area (Å²) in [6.07, 6.45) is 0. The first-order chi connectivity index (χ1) is 24.3. The number of ether oxygens (including phenoxy) is 2. The second kappa shape index (κ2) is 17.1. The largest absolute Gasteiger partial charge is 0.495 e. The number of urea groups is 1. The molecular weight excluding hydrogens is 677 g/mol. The van der Waals surface area contributed by atoms with Gasteiger partial charge in [0.1, 0.15) is 17.0 Å². The topological polar surface area (TPSA) is 120 Å². The van der Waals surface area contributed by atoms with Crippen molar-refractivity contribution < 1.29 is 19.1 Å². The summed E-state index contributed by atoms with van der Waals surface area (Å²) in [5.74, 6) is 1.78. The van der Waals surface area contributed by atoms with Crippen LogP contribution in [0.1, 0.15) is 10.4 Å². The van der Waals surface area contributed by atoms with Crippen LogP contribution < -0.4 is 35.6 Å². The maximum Gasteiger partial charge on any atom is 0.323 e. The van der Waals surface area contributed by atoms with E-state index >= 15 is 0 Å². The van der Waals surface area contributed by atoms with Gasteiger partial charge in [-0.15, -0.1) is 23.2 Å². The van der Waals surface area contributed by atoms with Gasteiger partial charge in [-0.3, -0.25) is 4.79 Å². The van der Waals surface area contributed by atoms with Crippen LogP contribution in [0.5, 0.6) is 11.5 Å². The van der Waals surface area contributed by atoms with Gasteiger partial charge in [-0.05, 0) is 68.7 Å². The fourth-order valence-corrected chi connectivity index (χ4v) is 5.98. The van der Waals surface area contributed by atoms with Gasteiger partial charge in [0, 0.05) is 65.8 Å². The van der Waals surface area contributed by atoms with Gasteiger partial charge in [0.05, 0.1) is 36.7 Å². The number of carbonyl (C=O) groups excluding carboxylic acids is 2. The number of para-hydroxylation sites is 2. The molecule has 0 aliphatic carbocycles. The monoisotopic (exact) mass is 717 g/mol. The average molecular weight is 719 g/mol. The smallest absolute Gasteiger partial charge is 0.323 e. The van der Waals surface area contributed by atoms with E-state index in [-0.39, 0.29) is 5.91 Å². The molecule has 0 fully saturated rings. The molecule has 1 heterocycles. The van der Waals surface area contributed by atoms with Crippen LogP contribution in [0.25, 0.3) is 21.8 Å². The van der Waals surface area contributed by atoms with Crippen LogP contribution in [0.15, 0.2) is 78.9 Å². The Kier molecular flexibility index (Phi) is 12.4. The molecule has 5 aromatic rings. The Balaban J connectivity index is 1.45. The minimum absolute atomic E-state index is 0.218. The van der Waals surface area contributed by atoms with Crippen LogP contribution in [-0.2, 0) is 0 Å². The van der Waals surface area contributed by atoms with E-state index in [1.165, 1.54) is 0 Å². The first-order valence-corrected chi connectivity index (χ1v) is 17.2. The van der Waals surface area contributed by atoms with Gasteiger partial charge in [0.25, 0.3) is 5.91 Å². The van der Waals surface area contributed by atoms with E-state index in [1.54, 1.807) is 32.4 Å². The number of methoxy groups -OCH3 is 2. The molecule has 5 rings (SSSR count). The highest BCUT2D eigenvalue weighted by atomic mass is 35.5. The molecule has 0 saturated heterocycles. The molecule has 0 unspecified atom stereocenters. The Morgan fingerprint density at radius 1 is 0.760 bits per heavy atom. The number of hydrogen-bond acceptors (Lipinski definition) is 8. The van der Waals surface area contributed by atoms with Crippen molar-refractivity contribution in [2.24, 2.45) is 0 Å². The number of amides is 3. The zero-order valence-electron chi connectivity index (χ0n) is 28.5. The summed E-state index contributed by atoms with van der Waals surface area (Å²) in [5.41, 5.74) is 4.99. The molecule has 4 N–H and O–H groups in total. The molecule has 0 bridgehead atoms. The van der Waals surface area contributed by atoms with Crippen molar-refractivity contribution in [1.82, 2.24) is 15.2 Å². The van der Waals surface area contributed by atoms with Gasteiger partial charge in [0.2, 0.25) is 0 Å². The maximum atomic E-state index is 13.4. The summed E-state index contributed by atoms with van der Waals surface area (Å²) < 4.78 is 11.3. The van der Waals surface area contributed by atoms with Crippen LogP contribution in [0, 0.1) is 0 Å². The second-order valence-electron chi connectivity index (χ2n) is 11.6. The maximum absolute atomic E-state index is 13.4. The van der Waals surface area contributed by atoms with Crippen molar-refractivity contribution in [2.75, 3.05) is 87.1 Å². The van der Waals surface area contributed by atoms with Gasteiger partial charge in [-0.2, -0.15) is 0 Å². The molecule has 0 radical (unpaired) electrons. The van der Waals surface area contributed by atoms with Crippen molar-refractivity contribution >= 4 is 85.4 Å². The number of alkyl halides is 2. The number of nitrogens with zero attached hydrogens (tertiary/aromatic N) is 3. The number of benzene rings is 4. The quantitative estimate of drug-likeness (QED) is 0.0655. The van der Waals surface area contributed by atoms with Gasteiger partial charge < -0.3 is 40.5 Å². The number of nitrogens with one attached hydrogen (secondary N) is 4. The predicted octanol–water partition coefficient (Wildman–Crippen LogP) is 7.37. The van der Waals surface area contributed by atoms with Crippen LogP contribution in [0.3, 0.4) is 0 Å². The first-order valence-electron chi connectivity index (χ1n) is 16.1. The molecule has 0 aliphatic heterocycles. The lowest BCUT2D eigenvalue weighted by Crippen LogP contribution is -2.31. The predicted molar refractivity (Wildman–Crippen MR) is 206 cm³/mol. The van der Waals surface area contributed by atoms with E-state index in [0.29, 0.717) is 83.1 Å². The number of rotatable bonds is 15. The van der Waals surface area contributed by atoms with Crippen molar-refractivity contribution in [3.05, 3.63) is 84.4 Å². The number of fused-ring (bicyclic) bond motifs is 2. The number of halogens is 2. The third-order valence-electron chi connectivity index (χ3n) is 8.02. The molecule has 0 spiro atoms. The van der Waals surface area contributed by atoms with E-state index < -0.39 is 6.03 Å². The number of aromatic nitrogens is 1. The van der Waals surface area contributed by atoms with Gasteiger partial charge in [0.15, 0.2) is 0 Å². The second-order valence-corrected chi connectivity index (χ2v) is 12.4. The van der Waals surface area contributed by atoms with E-state index in [2.05, 4.69) is 26.2 Å². The number of anilines is 5. The Morgan fingerprint density at radius 2 is 1.42 bits per heavy atom. The third-order valence-corrected chi connectivity index (χ3v) is 8.36. The van der Waals surface area contributed by atoms with E-state index in [4.69, 9.17) is 37.7 Å². The third kappa shape index (κ3) is 8.60. The van der Waals surface area contributed by atoms with Crippen molar-refractivity contribution in [3.63, 3.8) is 0 Å². The number of carbonyl (C=O) groups is 2. The Bertz CT molecular complexity index is 1950. The molecule has 11 nitrogen and oxygen atoms in total. The van der Waals surface area contributed by atoms with E-state index in [9.17, 15) is 9.59 Å². The molecule has 50 heavy (non-hydrogen) atoms. The fraction of sp³-hybridized carbons (Fsp3) is 0.270.